The van der Waals surface area contributed by atoms with E-state index in [-0.39, 0.29) is 5.56 Å². The SMILES string of the molecule is O=c1c2c3c(sc2ncn1/N=C\c1cn(-c2ccccc2)nc1-c1ccccc1)CCCC3. The molecule has 3 aromatic heterocycles. The van der Waals surface area contributed by atoms with E-state index in [2.05, 4.69) is 10.1 Å². The molecule has 162 valence electrons. The van der Waals surface area contributed by atoms with Crippen LogP contribution in [0.1, 0.15) is 28.8 Å². The number of rotatable bonds is 4. The summed E-state index contributed by atoms with van der Waals surface area (Å²) in [6.45, 7) is 0. The highest BCUT2D eigenvalue weighted by molar-refractivity contribution is 7.18. The first-order valence-electron chi connectivity index (χ1n) is 11.0. The van der Waals surface area contributed by atoms with Crippen molar-refractivity contribution in [3.8, 4) is 16.9 Å². The summed E-state index contributed by atoms with van der Waals surface area (Å²) in [6.07, 6.45) is 9.44. The number of para-hydroxylation sites is 1. The van der Waals surface area contributed by atoms with E-state index < -0.39 is 0 Å². The van der Waals surface area contributed by atoms with Crippen molar-refractivity contribution in [3.63, 3.8) is 0 Å². The molecule has 6 nitrogen and oxygen atoms in total. The molecule has 7 heteroatoms. The average Bonchev–Trinajstić information content (AvgIpc) is 3.47. The lowest BCUT2D eigenvalue weighted by Gasteiger charge is -2.09. The van der Waals surface area contributed by atoms with Crippen LogP contribution in [0.25, 0.3) is 27.2 Å². The third-order valence-electron chi connectivity index (χ3n) is 5.99. The first-order chi connectivity index (χ1) is 16.3. The van der Waals surface area contributed by atoms with Gasteiger partial charge in [0.05, 0.1) is 17.3 Å². The summed E-state index contributed by atoms with van der Waals surface area (Å²) >= 11 is 1.65. The van der Waals surface area contributed by atoms with E-state index in [1.54, 1.807) is 17.6 Å². The van der Waals surface area contributed by atoms with Gasteiger partial charge in [0.1, 0.15) is 16.9 Å². The lowest BCUT2D eigenvalue weighted by atomic mass is 9.97. The van der Waals surface area contributed by atoms with Crippen LogP contribution in [0.15, 0.2) is 83.1 Å². The van der Waals surface area contributed by atoms with Crippen LogP contribution in [0.4, 0.5) is 0 Å². The number of aromatic nitrogens is 4. The molecule has 0 atom stereocenters. The summed E-state index contributed by atoms with van der Waals surface area (Å²) in [5.41, 5.74) is 4.64. The Morgan fingerprint density at radius 3 is 2.55 bits per heavy atom. The predicted octanol–water partition coefficient (Wildman–Crippen LogP) is 5.07. The second-order valence-corrected chi connectivity index (χ2v) is 9.19. The van der Waals surface area contributed by atoms with Crippen molar-refractivity contribution in [3.05, 3.63) is 99.5 Å². The molecule has 0 radical (unpaired) electrons. The lowest BCUT2D eigenvalue weighted by Crippen LogP contribution is -2.18. The molecule has 3 heterocycles. The highest BCUT2D eigenvalue weighted by Gasteiger charge is 2.20. The van der Waals surface area contributed by atoms with E-state index in [9.17, 15) is 4.79 Å². The summed E-state index contributed by atoms with van der Waals surface area (Å²) in [4.78, 5) is 19.9. The van der Waals surface area contributed by atoms with Crippen molar-refractivity contribution < 1.29 is 0 Å². The van der Waals surface area contributed by atoms with Crippen LogP contribution in [0.2, 0.25) is 0 Å². The highest BCUT2D eigenvalue weighted by atomic mass is 32.1. The molecule has 0 unspecified atom stereocenters. The molecule has 0 N–H and O–H groups in total. The van der Waals surface area contributed by atoms with Crippen molar-refractivity contribution in [2.24, 2.45) is 5.10 Å². The molecule has 0 amide bonds. The van der Waals surface area contributed by atoms with Gasteiger partial charge < -0.3 is 0 Å². The van der Waals surface area contributed by atoms with E-state index in [1.165, 1.54) is 27.9 Å². The van der Waals surface area contributed by atoms with Gasteiger partial charge >= 0.3 is 0 Å². The number of benzene rings is 2. The third kappa shape index (κ3) is 3.60. The molecule has 0 fully saturated rings. The van der Waals surface area contributed by atoms with Gasteiger partial charge in [-0.1, -0.05) is 48.5 Å². The van der Waals surface area contributed by atoms with Crippen molar-refractivity contribution >= 4 is 27.8 Å². The Hall–Kier alpha value is -3.84. The summed E-state index contributed by atoms with van der Waals surface area (Å²) in [6, 6.07) is 19.9. The van der Waals surface area contributed by atoms with Crippen molar-refractivity contribution in [1.82, 2.24) is 19.4 Å². The largest absolute Gasteiger partial charge is 0.282 e. The maximum absolute atomic E-state index is 13.3. The van der Waals surface area contributed by atoms with Crippen LogP contribution in [0.3, 0.4) is 0 Å². The molecule has 0 saturated heterocycles. The molecule has 0 spiro atoms. The van der Waals surface area contributed by atoms with E-state index >= 15 is 0 Å². The van der Waals surface area contributed by atoms with E-state index in [0.29, 0.717) is 0 Å². The fraction of sp³-hybridized carbons (Fsp3) is 0.154. The molecule has 0 bridgehead atoms. The predicted molar refractivity (Wildman–Crippen MR) is 133 cm³/mol. The highest BCUT2D eigenvalue weighted by Crippen LogP contribution is 2.33. The Kier molecular flexibility index (Phi) is 4.96. The zero-order chi connectivity index (χ0) is 22.2. The molecular formula is C26H21N5OS. The number of fused-ring (bicyclic) bond motifs is 3. The quantitative estimate of drug-likeness (QED) is 0.358. The topological polar surface area (TPSA) is 65.1 Å². The second kappa shape index (κ2) is 8.26. The zero-order valence-electron chi connectivity index (χ0n) is 17.9. The van der Waals surface area contributed by atoms with Crippen LogP contribution in [0, 0.1) is 0 Å². The summed E-state index contributed by atoms with van der Waals surface area (Å²) in [5.74, 6) is 0. The molecular weight excluding hydrogens is 430 g/mol. The summed E-state index contributed by atoms with van der Waals surface area (Å²) in [7, 11) is 0. The summed E-state index contributed by atoms with van der Waals surface area (Å²) in [5, 5.41) is 10.1. The number of hydrogen-bond acceptors (Lipinski definition) is 5. The minimum Gasteiger partial charge on any atom is -0.267 e. The van der Waals surface area contributed by atoms with Crippen LogP contribution in [-0.4, -0.2) is 25.7 Å². The molecule has 1 aliphatic carbocycles. The normalized spacial score (nSPS) is 13.6. The molecule has 0 aliphatic heterocycles. The zero-order valence-corrected chi connectivity index (χ0v) is 18.7. The third-order valence-corrected chi connectivity index (χ3v) is 7.19. The second-order valence-electron chi connectivity index (χ2n) is 8.11. The van der Waals surface area contributed by atoms with Gasteiger partial charge in [-0.15, -0.1) is 11.3 Å². The van der Waals surface area contributed by atoms with Gasteiger partial charge in [0.2, 0.25) is 0 Å². The Morgan fingerprint density at radius 2 is 1.73 bits per heavy atom. The minimum atomic E-state index is -0.104. The Morgan fingerprint density at radius 1 is 0.970 bits per heavy atom. The fourth-order valence-corrected chi connectivity index (χ4v) is 5.58. The molecule has 33 heavy (non-hydrogen) atoms. The van der Waals surface area contributed by atoms with Gasteiger partial charge in [-0.3, -0.25) is 4.79 Å². The maximum atomic E-state index is 13.3. The van der Waals surface area contributed by atoms with Gasteiger partial charge in [0.15, 0.2) is 0 Å². The molecule has 2 aromatic carbocycles. The van der Waals surface area contributed by atoms with E-state index in [4.69, 9.17) is 5.10 Å². The Balaban J connectivity index is 1.44. The van der Waals surface area contributed by atoms with Crippen LogP contribution >= 0.6 is 11.3 Å². The molecule has 0 saturated carbocycles. The number of aryl methyl sites for hydroxylation is 2. The van der Waals surface area contributed by atoms with Gasteiger partial charge in [-0.25, -0.2) is 9.67 Å². The monoisotopic (exact) mass is 451 g/mol. The van der Waals surface area contributed by atoms with Crippen molar-refractivity contribution in [2.75, 3.05) is 0 Å². The van der Waals surface area contributed by atoms with Crippen LogP contribution < -0.4 is 5.56 Å². The Bertz CT molecular complexity index is 1530. The number of nitrogens with zero attached hydrogens (tertiary/aromatic N) is 5. The molecule has 5 aromatic rings. The first kappa shape index (κ1) is 19.8. The Labute approximate surface area is 194 Å². The van der Waals surface area contributed by atoms with Crippen molar-refractivity contribution in [2.45, 2.75) is 25.7 Å². The van der Waals surface area contributed by atoms with E-state index in [0.717, 1.165) is 52.0 Å². The first-order valence-corrected chi connectivity index (χ1v) is 11.9. The fourth-order valence-electron chi connectivity index (χ4n) is 4.36. The van der Waals surface area contributed by atoms with E-state index in [1.807, 2.05) is 71.5 Å². The lowest BCUT2D eigenvalue weighted by molar-refractivity contribution is 0.699. The van der Waals surface area contributed by atoms with Crippen LogP contribution in [-0.2, 0) is 12.8 Å². The number of thiophene rings is 1. The standard InChI is InChI=1S/C26H21N5OS/c32-26-23-21-13-7-8-14-22(21)33-25(23)27-17-31(26)28-15-19-16-30(20-11-5-2-6-12-20)29-24(19)18-9-3-1-4-10-18/h1-6,9-12,15-17H,7-8,13-14H2/b28-15-. The van der Waals surface area contributed by atoms with Gasteiger partial charge in [0.25, 0.3) is 5.56 Å². The summed E-state index contributed by atoms with van der Waals surface area (Å²) < 4.78 is 3.18. The van der Waals surface area contributed by atoms with Gasteiger partial charge in [-0.05, 0) is 43.4 Å². The molecule has 6 rings (SSSR count). The minimum absolute atomic E-state index is 0.104. The van der Waals surface area contributed by atoms with Gasteiger partial charge in [-0.2, -0.15) is 14.9 Å². The van der Waals surface area contributed by atoms with Crippen molar-refractivity contribution in [1.29, 1.82) is 0 Å². The van der Waals surface area contributed by atoms with Gasteiger partial charge in [0, 0.05) is 22.2 Å². The van der Waals surface area contributed by atoms with Crippen LogP contribution in [0.5, 0.6) is 0 Å². The smallest absolute Gasteiger partial charge is 0.267 e. The average molecular weight is 452 g/mol. The molecule has 1 aliphatic rings. The number of hydrogen-bond donors (Lipinski definition) is 0. The maximum Gasteiger partial charge on any atom is 0.282 e.